The lowest BCUT2D eigenvalue weighted by Gasteiger charge is -2.20. The van der Waals surface area contributed by atoms with Gasteiger partial charge in [-0.15, -0.1) is 0 Å². The van der Waals surface area contributed by atoms with Gasteiger partial charge in [0.15, 0.2) is 0 Å². The normalized spacial score (nSPS) is 19.5. The molecule has 0 unspecified atom stereocenters. The summed E-state index contributed by atoms with van der Waals surface area (Å²) in [6.45, 7) is 1.99. The van der Waals surface area contributed by atoms with Crippen molar-refractivity contribution >= 4 is 11.6 Å². The van der Waals surface area contributed by atoms with Gasteiger partial charge in [-0.25, -0.2) is 15.8 Å². The van der Waals surface area contributed by atoms with Crippen LogP contribution >= 0.6 is 0 Å². The molecule has 5 heteroatoms. The lowest BCUT2D eigenvalue weighted by atomic mass is 10.1. The molecule has 0 bridgehead atoms. The Bertz CT molecular complexity index is 399. The smallest absolute Gasteiger partial charge is 0.148 e. The first-order valence-corrected chi connectivity index (χ1v) is 6.34. The average molecular weight is 233 g/mol. The summed E-state index contributed by atoms with van der Waals surface area (Å²) in [5.41, 5.74) is 3.61. The van der Waals surface area contributed by atoms with Gasteiger partial charge in [-0.2, -0.15) is 0 Å². The molecule has 0 aromatic carbocycles. The maximum atomic E-state index is 5.43. The summed E-state index contributed by atoms with van der Waals surface area (Å²) in [6.07, 6.45) is 7.00. The monoisotopic (exact) mass is 233 g/mol. The van der Waals surface area contributed by atoms with Crippen LogP contribution in [0.1, 0.15) is 31.2 Å². The fourth-order valence-electron chi connectivity index (χ4n) is 2.43. The quantitative estimate of drug-likeness (QED) is 0.533. The molecule has 0 saturated heterocycles. The molecule has 0 spiro atoms. The van der Waals surface area contributed by atoms with Gasteiger partial charge in [-0.05, 0) is 44.4 Å². The molecule has 1 aromatic heterocycles. The fraction of sp³-hybridized carbons (Fsp3) is 0.667. The molecule has 0 atom stereocenters. The standard InChI is InChI=1S/C12H19N5/c1-7-11(14-6-15-12(7)17-13)16-10(8-2-3-8)9-4-5-9/h6,8-10H,2-5,13H2,1H3,(H2,14,15,16,17). The minimum Gasteiger partial charge on any atom is -0.366 e. The van der Waals surface area contributed by atoms with E-state index in [1.165, 1.54) is 25.7 Å². The van der Waals surface area contributed by atoms with Gasteiger partial charge in [0.25, 0.3) is 0 Å². The summed E-state index contributed by atoms with van der Waals surface area (Å²) >= 11 is 0. The van der Waals surface area contributed by atoms with Crippen LogP contribution in [0.4, 0.5) is 11.6 Å². The molecule has 2 aliphatic rings. The number of nitrogens with zero attached hydrogens (tertiary/aromatic N) is 2. The van der Waals surface area contributed by atoms with Gasteiger partial charge < -0.3 is 10.7 Å². The lowest BCUT2D eigenvalue weighted by molar-refractivity contribution is 0.565. The van der Waals surface area contributed by atoms with Crippen LogP contribution in [0.2, 0.25) is 0 Å². The van der Waals surface area contributed by atoms with E-state index in [2.05, 4.69) is 20.7 Å². The Labute approximate surface area is 101 Å². The summed E-state index contributed by atoms with van der Waals surface area (Å²) in [5.74, 6) is 8.76. The number of anilines is 2. The second-order valence-electron chi connectivity index (χ2n) is 5.19. The van der Waals surface area contributed by atoms with Gasteiger partial charge in [-0.3, -0.25) is 0 Å². The summed E-state index contributed by atoms with van der Waals surface area (Å²) in [4.78, 5) is 8.43. The van der Waals surface area contributed by atoms with E-state index in [-0.39, 0.29) is 0 Å². The van der Waals surface area contributed by atoms with Crippen LogP contribution in [0.15, 0.2) is 6.33 Å². The highest BCUT2D eigenvalue weighted by Crippen LogP contribution is 2.46. The molecule has 2 fully saturated rings. The van der Waals surface area contributed by atoms with Crippen molar-refractivity contribution in [1.82, 2.24) is 9.97 Å². The van der Waals surface area contributed by atoms with Crippen molar-refractivity contribution in [3.8, 4) is 0 Å². The van der Waals surface area contributed by atoms with Crippen LogP contribution in [0.5, 0.6) is 0 Å². The van der Waals surface area contributed by atoms with Crippen LogP contribution in [0.25, 0.3) is 0 Å². The van der Waals surface area contributed by atoms with E-state index >= 15 is 0 Å². The molecule has 17 heavy (non-hydrogen) atoms. The number of hydrazine groups is 1. The molecule has 1 aromatic rings. The molecule has 0 amide bonds. The molecule has 0 aliphatic heterocycles. The topological polar surface area (TPSA) is 75.9 Å². The summed E-state index contributed by atoms with van der Waals surface area (Å²) < 4.78 is 0. The zero-order valence-corrected chi connectivity index (χ0v) is 10.1. The molecule has 92 valence electrons. The molecule has 1 heterocycles. The fourth-order valence-corrected chi connectivity index (χ4v) is 2.43. The molecule has 2 aliphatic carbocycles. The number of aromatic nitrogens is 2. The van der Waals surface area contributed by atoms with Crippen LogP contribution in [0, 0.1) is 18.8 Å². The van der Waals surface area contributed by atoms with E-state index < -0.39 is 0 Å². The third-order valence-electron chi connectivity index (χ3n) is 3.78. The van der Waals surface area contributed by atoms with E-state index in [1.807, 2.05) is 6.92 Å². The number of nitrogens with one attached hydrogen (secondary N) is 2. The second kappa shape index (κ2) is 4.14. The Morgan fingerprint density at radius 2 is 1.76 bits per heavy atom. The number of hydrogen-bond acceptors (Lipinski definition) is 5. The molecular weight excluding hydrogens is 214 g/mol. The first-order valence-electron chi connectivity index (χ1n) is 6.34. The minimum absolute atomic E-state index is 0.606. The molecule has 5 nitrogen and oxygen atoms in total. The highest BCUT2D eigenvalue weighted by molar-refractivity contribution is 5.56. The average Bonchev–Trinajstić information content (AvgIpc) is 3.19. The first kappa shape index (κ1) is 10.8. The van der Waals surface area contributed by atoms with Crippen molar-refractivity contribution in [2.45, 2.75) is 38.6 Å². The Hall–Kier alpha value is -1.36. The van der Waals surface area contributed by atoms with E-state index in [0.717, 1.165) is 23.2 Å². The van der Waals surface area contributed by atoms with Gasteiger partial charge >= 0.3 is 0 Å². The van der Waals surface area contributed by atoms with Crippen molar-refractivity contribution in [3.05, 3.63) is 11.9 Å². The molecule has 3 rings (SSSR count). The minimum atomic E-state index is 0.606. The maximum Gasteiger partial charge on any atom is 0.148 e. The van der Waals surface area contributed by atoms with E-state index in [1.54, 1.807) is 6.33 Å². The lowest BCUT2D eigenvalue weighted by Crippen LogP contribution is -2.25. The second-order valence-corrected chi connectivity index (χ2v) is 5.19. The summed E-state index contributed by atoms with van der Waals surface area (Å²) in [5, 5.41) is 3.60. The molecule has 2 saturated carbocycles. The third-order valence-corrected chi connectivity index (χ3v) is 3.78. The predicted molar refractivity (Wildman–Crippen MR) is 67.4 cm³/mol. The molecule has 4 N–H and O–H groups in total. The Morgan fingerprint density at radius 3 is 2.29 bits per heavy atom. The Morgan fingerprint density at radius 1 is 1.18 bits per heavy atom. The molecular formula is C12H19N5. The largest absolute Gasteiger partial charge is 0.366 e. The zero-order valence-electron chi connectivity index (χ0n) is 10.1. The van der Waals surface area contributed by atoms with Crippen LogP contribution < -0.4 is 16.6 Å². The van der Waals surface area contributed by atoms with Gasteiger partial charge in [0.1, 0.15) is 18.0 Å². The van der Waals surface area contributed by atoms with Crippen LogP contribution in [-0.2, 0) is 0 Å². The van der Waals surface area contributed by atoms with Crippen molar-refractivity contribution in [3.63, 3.8) is 0 Å². The predicted octanol–water partition coefficient (Wildman–Crippen LogP) is 1.67. The van der Waals surface area contributed by atoms with Crippen LogP contribution in [-0.4, -0.2) is 16.0 Å². The van der Waals surface area contributed by atoms with Gasteiger partial charge in [0.05, 0.1) is 0 Å². The Kier molecular flexibility index (Phi) is 2.63. The van der Waals surface area contributed by atoms with Crippen molar-refractivity contribution < 1.29 is 0 Å². The highest BCUT2D eigenvalue weighted by Gasteiger charge is 2.41. The Balaban J connectivity index is 1.78. The number of nitrogen functional groups attached to an aromatic ring is 1. The van der Waals surface area contributed by atoms with Crippen molar-refractivity contribution in [2.24, 2.45) is 17.7 Å². The van der Waals surface area contributed by atoms with Crippen molar-refractivity contribution in [2.75, 3.05) is 10.7 Å². The van der Waals surface area contributed by atoms with Gasteiger partial charge in [0, 0.05) is 11.6 Å². The van der Waals surface area contributed by atoms with E-state index in [9.17, 15) is 0 Å². The zero-order chi connectivity index (χ0) is 11.8. The van der Waals surface area contributed by atoms with E-state index in [0.29, 0.717) is 11.9 Å². The van der Waals surface area contributed by atoms with Crippen molar-refractivity contribution in [1.29, 1.82) is 0 Å². The number of nitrogens with two attached hydrogens (primary N) is 1. The van der Waals surface area contributed by atoms with Gasteiger partial charge in [-0.1, -0.05) is 0 Å². The highest BCUT2D eigenvalue weighted by atomic mass is 15.3. The molecule has 0 radical (unpaired) electrons. The summed E-state index contributed by atoms with van der Waals surface area (Å²) in [7, 11) is 0. The maximum absolute atomic E-state index is 5.43. The SMILES string of the molecule is Cc1c(NN)ncnc1NC(C1CC1)C1CC1. The van der Waals surface area contributed by atoms with Gasteiger partial charge in [0.2, 0.25) is 0 Å². The third kappa shape index (κ3) is 2.20. The van der Waals surface area contributed by atoms with Crippen LogP contribution in [0.3, 0.4) is 0 Å². The summed E-state index contributed by atoms with van der Waals surface area (Å²) in [6, 6.07) is 0.606. The first-order chi connectivity index (χ1) is 8.29. The number of rotatable bonds is 5. The van der Waals surface area contributed by atoms with E-state index in [4.69, 9.17) is 5.84 Å². The number of hydrogen-bond donors (Lipinski definition) is 3.